The molecule has 1 aliphatic heterocycles. The fourth-order valence-corrected chi connectivity index (χ4v) is 3.04. The maximum atomic E-state index is 13.2. The van der Waals surface area contributed by atoms with E-state index in [1.54, 1.807) is 17.0 Å². The van der Waals surface area contributed by atoms with Crippen LogP contribution in [0, 0.1) is 5.82 Å². The summed E-state index contributed by atoms with van der Waals surface area (Å²) in [6.07, 6.45) is -2.36. The molecule has 27 heavy (non-hydrogen) atoms. The van der Waals surface area contributed by atoms with E-state index in [1.165, 1.54) is 12.1 Å². The van der Waals surface area contributed by atoms with Gasteiger partial charge in [0.25, 0.3) is 0 Å². The van der Waals surface area contributed by atoms with Gasteiger partial charge in [-0.25, -0.2) is 14.4 Å². The molecule has 0 saturated carbocycles. The molecule has 144 valence electrons. The highest BCUT2D eigenvalue weighted by molar-refractivity contribution is 5.78. The Hall–Kier alpha value is -2.71. The second-order valence-electron chi connectivity index (χ2n) is 6.39. The van der Waals surface area contributed by atoms with Crippen molar-refractivity contribution >= 4 is 11.7 Å². The predicted octanol–water partition coefficient (Wildman–Crippen LogP) is 2.96. The van der Waals surface area contributed by atoms with Gasteiger partial charge in [0.2, 0.25) is 5.91 Å². The monoisotopic (exact) mass is 382 g/mol. The second-order valence-corrected chi connectivity index (χ2v) is 6.39. The molecule has 2 heterocycles. The first kappa shape index (κ1) is 19.1. The normalized spacial score (nSPS) is 15.6. The van der Waals surface area contributed by atoms with Crippen molar-refractivity contribution in [3.63, 3.8) is 0 Å². The van der Waals surface area contributed by atoms with Crippen molar-refractivity contribution < 1.29 is 22.4 Å². The van der Waals surface area contributed by atoms with E-state index >= 15 is 0 Å². The summed E-state index contributed by atoms with van der Waals surface area (Å²) in [5.41, 5.74) is -0.386. The van der Waals surface area contributed by atoms with E-state index in [1.807, 2.05) is 0 Å². The van der Waals surface area contributed by atoms with Crippen LogP contribution in [0.2, 0.25) is 0 Å². The number of rotatable bonds is 4. The number of carbonyl (C=O) groups excluding carboxylic acids is 1. The van der Waals surface area contributed by atoms with Crippen molar-refractivity contribution in [3.8, 4) is 0 Å². The van der Waals surface area contributed by atoms with Gasteiger partial charge in [0.05, 0.1) is 6.42 Å². The maximum Gasteiger partial charge on any atom is 0.433 e. The van der Waals surface area contributed by atoms with Crippen LogP contribution in [0.5, 0.6) is 0 Å². The third-order valence-electron chi connectivity index (χ3n) is 4.38. The highest BCUT2D eigenvalue weighted by Gasteiger charge is 2.33. The Morgan fingerprint density at radius 3 is 2.59 bits per heavy atom. The number of benzene rings is 1. The summed E-state index contributed by atoms with van der Waals surface area (Å²) >= 11 is 0. The smallest absolute Gasteiger partial charge is 0.356 e. The predicted molar refractivity (Wildman–Crippen MR) is 90.5 cm³/mol. The number of anilines is 1. The van der Waals surface area contributed by atoms with Crippen molar-refractivity contribution in [2.45, 2.75) is 31.5 Å². The highest BCUT2D eigenvalue weighted by Crippen LogP contribution is 2.29. The van der Waals surface area contributed by atoms with Crippen LogP contribution in [-0.2, 0) is 17.4 Å². The van der Waals surface area contributed by atoms with Crippen LogP contribution in [0.15, 0.2) is 36.7 Å². The van der Waals surface area contributed by atoms with Gasteiger partial charge < -0.3 is 10.2 Å². The summed E-state index contributed by atoms with van der Waals surface area (Å²) in [4.78, 5) is 21.0. The Morgan fingerprint density at radius 1 is 1.19 bits per heavy atom. The zero-order valence-electron chi connectivity index (χ0n) is 14.3. The van der Waals surface area contributed by atoms with Crippen LogP contribution in [0.25, 0.3) is 0 Å². The third-order valence-corrected chi connectivity index (χ3v) is 4.38. The molecule has 0 radical (unpaired) electrons. The molecule has 1 amide bonds. The van der Waals surface area contributed by atoms with Gasteiger partial charge in [-0.3, -0.25) is 4.79 Å². The second kappa shape index (κ2) is 7.89. The summed E-state index contributed by atoms with van der Waals surface area (Å²) in [7, 11) is 0. The molecular weight excluding hydrogens is 364 g/mol. The van der Waals surface area contributed by atoms with Crippen molar-refractivity contribution in [3.05, 3.63) is 53.7 Å². The van der Waals surface area contributed by atoms with Gasteiger partial charge in [-0.2, -0.15) is 13.2 Å². The van der Waals surface area contributed by atoms with Crippen LogP contribution in [0.4, 0.5) is 23.4 Å². The first-order valence-corrected chi connectivity index (χ1v) is 8.49. The quantitative estimate of drug-likeness (QED) is 0.826. The average molecular weight is 382 g/mol. The van der Waals surface area contributed by atoms with Crippen LogP contribution in [-0.4, -0.2) is 35.0 Å². The van der Waals surface area contributed by atoms with E-state index in [0.29, 0.717) is 31.5 Å². The molecule has 0 aliphatic carbocycles. The molecule has 0 unspecified atom stereocenters. The lowest BCUT2D eigenvalue weighted by molar-refractivity contribution is -0.141. The number of aromatic nitrogens is 2. The summed E-state index contributed by atoms with van der Waals surface area (Å²) < 4.78 is 51.5. The van der Waals surface area contributed by atoms with Gasteiger partial charge in [-0.15, -0.1) is 0 Å². The van der Waals surface area contributed by atoms with Crippen LogP contribution in [0.3, 0.4) is 0 Å². The summed E-state index contributed by atoms with van der Waals surface area (Å²) in [5, 5.41) is 2.89. The number of hydrogen-bond acceptors (Lipinski definition) is 4. The molecule has 1 aromatic carbocycles. The summed E-state index contributed by atoms with van der Waals surface area (Å²) in [6, 6.07) is 6.71. The number of alkyl halides is 3. The van der Waals surface area contributed by atoms with Crippen LogP contribution in [0.1, 0.15) is 24.1 Å². The molecule has 1 aromatic heterocycles. The lowest BCUT2D eigenvalue weighted by Crippen LogP contribution is -2.45. The molecule has 1 fully saturated rings. The zero-order valence-corrected chi connectivity index (χ0v) is 14.3. The standard InChI is InChI=1S/C18H18F4N4O/c19-13-3-1-2-12(8-13)9-17(27)25-14-4-6-26(7-5-14)16-10-15(18(20,21)22)23-11-24-16/h1-3,8,10-11,14H,4-7,9H2,(H,25,27). The number of amides is 1. The van der Waals surface area contributed by atoms with E-state index in [9.17, 15) is 22.4 Å². The maximum absolute atomic E-state index is 13.2. The Kier molecular flexibility index (Phi) is 5.57. The summed E-state index contributed by atoms with van der Waals surface area (Å²) in [5.74, 6) is -0.376. The van der Waals surface area contributed by atoms with E-state index < -0.39 is 17.7 Å². The fourth-order valence-electron chi connectivity index (χ4n) is 3.04. The van der Waals surface area contributed by atoms with Crippen molar-refractivity contribution in [2.24, 2.45) is 0 Å². The molecule has 3 rings (SSSR count). The van der Waals surface area contributed by atoms with E-state index in [2.05, 4.69) is 15.3 Å². The van der Waals surface area contributed by atoms with E-state index in [0.717, 1.165) is 12.4 Å². The molecule has 0 bridgehead atoms. The molecule has 9 heteroatoms. The number of carbonyl (C=O) groups is 1. The Balaban J connectivity index is 1.52. The Morgan fingerprint density at radius 2 is 1.93 bits per heavy atom. The Bertz CT molecular complexity index is 804. The van der Waals surface area contributed by atoms with E-state index in [4.69, 9.17) is 0 Å². The first-order chi connectivity index (χ1) is 12.8. The van der Waals surface area contributed by atoms with E-state index in [-0.39, 0.29) is 24.2 Å². The fraction of sp³-hybridized carbons (Fsp3) is 0.389. The molecule has 0 spiro atoms. The molecule has 5 nitrogen and oxygen atoms in total. The van der Waals surface area contributed by atoms with Gasteiger partial charge in [0.15, 0.2) is 0 Å². The van der Waals surface area contributed by atoms with Crippen molar-refractivity contribution in [2.75, 3.05) is 18.0 Å². The number of halogens is 4. The highest BCUT2D eigenvalue weighted by atomic mass is 19.4. The third kappa shape index (κ3) is 5.15. The van der Waals surface area contributed by atoms with Gasteiger partial charge in [-0.1, -0.05) is 12.1 Å². The lowest BCUT2D eigenvalue weighted by atomic mass is 10.0. The SMILES string of the molecule is O=C(Cc1cccc(F)c1)NC1CCN(c2cc(C(F)(F)F)ncn2)CC1. The first-order valence-electron chi connectivity index (χ1n) is 8.49. The van der Waals surface area contributed by atoms with Crippen molar-refractivity contribution in [1.29, 1.82) is 0 Å². The zero-order chi connectivity index (χ0) is 19.4. The summed E-state index contributed by atoms with van der Waals surface area (Å²) in [6.45, 7) is 0.943. The topological polar surface area (TPSA) is 58.1 Å². The average Bonchev–Trinajstić information content (AvgIpc) is 2.62. The molecule has 1 saturated heterocycles. The molecule has 1 N–H and O–H groups in total. The molecule has 2 aromatic rings. The largest absolute Gasteiger partial charge is 0.433 e. The minimum Gasteiger partial charge on any atom is -0.356 e. The number of piperidine rings is 1. The molecular formula is C18H18F4N4O. The lowest BCUT2D eigenvalue weighted by Gasteiger charge is -2.33. The number of nitrogens with one attached hydrogen (secondary N) is 1. The van der Waals surface area contributed by atoms with Gasteiger partial charge in [0.1, 0.15) is 23.7 Å². The van der Waals surface area contributed by atoms with Crippen molar-refractivity contribution in [1.82, 2.24) is 15.3 Å². The minimum atomic E-state index is -4.51. The van der Waals surface area contributed by atoms with Crippen LogP contribution >= 0.6 is 0 Å². The molecule has 1 aliphatic rings. The number of hydrogen-bond donors (Lipinski definition) is 1. The van der Waals surface area contributed by atoms with Gasteiger partial charge >= 0.3 is 6.18 Å². The van der Waals surface area contributed by atoms with Gasteiger partial charge in [-0.05, 0) is 30.5 Å². The Labute approximate surface area is 153 Å². The number of nitrogens with zero attached hydrogens (tertiary/aromatic N) is 3. The minimum absolute atomic E-state index is 0.0776. The van der Waals surface area contributed by atoms with Crippen LogP contribution < -0.4 is 10.2 Å². The molecule has 0 atom stereocenters. The van der Waals surface area contributed by atoms with Gasteiger partial charge in [0, 0.05) is 25.2 Å².